The predicted octanol–water partition coefficient (Wildman–Crippen LogP) is 1.82. The zero-order valence-corrected chi connectivity index (χ0v) is 13.7. The molecule has 0 radical (unpaired) electrons. The van der Waals surface area contributed by atoms with Crippen LogP contribution in [0.25, 0.3) is 0 Å². The monoisotopic (exact) mass is 318 g/mol. The number of carbonyl (C=O) groups is 1. The van der Waals surface area contributed by atoms with Gasteiger partial charge in [-0.1, -0.05) is 26.2 Å². The number of carboxylic acid groups (broad SMARTS) is 1. The van der Waals surface area contributed by atoms with Crippen molar-refractivity contribution in [1.82, 2.24) is 8.61 Å². The van der Waals surface area contributed by atoms with Crippen LogP contribution in [0.4, 0.5) is 0 Å². The minimum absolute atomic E-state index is 0.00713. The summed E-state index contributed by atoms with van der Waals surface area (Å²) >= 11 is 0. The maximum atomic E-state index is 12.9. The molecule has 0 amide bonds. The van der Waals surface area contributed by atoms with Gasteiger partial charge in [0.1, 0.15) is 5.54 Å². The van der Waals surface area contributed by atoms with Gasteiger partial charge in [-0.3, -0.25) is 4.79 Å². The molecular formula is C14H26N2O4S. The van der Waals surface area contributed by atoms with E-state index in [1.165, 1.54) is 8.61 Å². The topological polar surface area (TPSA) is 77.9 Å². The van der Waals surface area contributed by atoms with Crippen molar-refractivity contribution in [3.05, 3.63) is 0 Å². The molecule has 0 spiro atoms. The fourth-order valence-electron chi connectivity index (χ4n) is 3.70. The fraction of sp³-hybridized carbons (Fsp3) is 0.929. The van der Waals surface area contributed by atoms with E-state index in [0.29, 0.717) is 25.8 Å². The Hall–Kier alpha value is -0.660. The lowest BCUT2D eigenvalue weighted by atomic mass is 9.95. The second-order valence-electron chi connectivity index (χ2n) is 6.18. The summed E-state index contributed by atoms with van der Waals surface area (Å²) in [6, 6.07) is 0.00713. The van der Waals surface area contributed by atoms with E-state index in [-0.39, 0.29) is 6.04 Å². The van der Waals surface area contributed by atoms with E-state index >= 15 is 0 Å². The molecule has 1 aliphatic carbocycles. The van der Waals surface area contributed by atoms with Crippen LogP contribution in [-0.2, 0) is 15.0 Å². The fourth-order valence-corrected chi connectivity index (χ4v) is 5.69. The summed E-state index contributed by atoms with van der Waals surface area (Å²) in [6.07, 6.45) is 6.30. The van der Waals surface area contributed by atoms with E-state index in [9.17, 15) is 18.3 Å². The quantitative estimate of drug-likeness (QED) is 0.839. The van der Waals surface area contributed by atoms with Gasteiger partial charge in [0, 0.05) is 19.6 Å². The number of rotatable bonds is 5. The Morgan fingerprint density at radius 1 is 1.29 bits per heavy atom. The van der Waals surface area contributed by atoms with Crippen molar-refractivity contribution >= 4 is 16.2 Å². The first kappa shape index (κ1) is 16.7. The molecular weight excluding hydrogens is 292 g/mol. The number of hydrogen-bond donors (Lipinski definition) is 1. The molecule has 2 aliphatic rings. The van der Waals surface area contributed by atoms with Gasteiger partial charge in [-0.25, -0.2) is 0 Å². The average molecular weight is 318 g/mol. The van der Waals surface area contributed by atoms with E-state index in [2.05, 4.69) is 0 Å². The van der Waals surface area contributed by atoms with E-state index in [4.69, 9.17) is 0 Å². The second-order valence-corrected chi connectivity index (χ2v) is 8.09. The molecule has 0 aromatic carbocycles. The highest BCUT2D eigenvalue weighted by Crippen LogP contribution is 2.37. The molecule has 1 N–H and O–H groups in total. The van der Waals surface area contributed by atoms with Gasteiger partial charge in [-0.05, 0) is 32.1 Å². The van der Waals surface area contributed by atoms with Gasteiger partial charge in [0.2, 0.25) is 0 Å². The number of aliphatic carboxylic acids is 1. The maximum absolute atomic E-state index is 12.9. The lowest BCUT2D eigenvalue weighted by Gasteiger charge is -2.38. The third kappa shape index (κ3) is 2.83. The highest BCUT2D eigenvalue weighted by molar-refractivity contribution is 7.86. The highest BCUT2D eigenvalue weighted by atomic mass is 32.2. The molecule has 122 valence electrons. The van der Waals surface area contributed by atoms with E-state index in [1.54, 1.807) is 14.0 Å². The van der Waals surface area contributed by atoms with Gasteiger partial charge >= 0.3 is 5.97 Å². The smallest absolute Gasteiger partial charge is 0.325 e. The SMILES string of the molecule is CCC1(C(=O)O)CCCN1S(=O)(=O)N(C)C1CCCCC1. The zero-order chi connectivity index (χ0) is 15.7. The number of hydrogen-bond acceptors (Lipinski definition) is 3. The first-order chi connectivity index (χ1) is 9.86. The molecule has 1 unspecified atom stereocenters. The van der Waals surface area contributed by atoms with Crippen molar-refractivity contribution in [3.8, 4) is 0 Å². The number of nitrogens with zero attached hydrogens (tertiary/aromatic N) is 2. The summed E-state index contributed by atoms with van der Waals surface area (Å²) in [4.78, 5) is 11.7. The molecule has 7 heteroatoms. The van der Waals surface area contributed by atoms with E-state index < -0.39 is 21.7 Å². The molecule has 0 bridgehead atoms. The van der Waals surface area contributed by atoms with Gasteiger partial charge in [-0.15, -0.1) is 0 Å². The van der Waals surface area contributed by atoms with E-state index in [1.807, 2.05) is 0 Å². The van der Waals surface area contributed by atoms with Crippen molar-refractivity contribution in [2.24, 2.45) is 0 Å². The van der Waals surface area contributed by atoms with Crippen LogP contribution in [0.15, 0.2) is 0 Å². The minimum atomic E-state index is -3.72. The predicted molar refractivity (Wildman–Crippen MR) is 80.2 cm³/mol. The summed E-state index contributed by atoms with van der Waals surface area (Å²) in [5, 5.41) is 9.56. The normalized spacial score (nSPS) is 29.1. The standard InChI is InChI=1S/C14H26N2O4S/c1-3-14(13(17)18)10-7-11-16(14)21(19,20)15(2)12-8-5-4-6-9-12/h12H,3-11H2,1-2H3,(H,17,18). The van der Waals surface area contributed by atoms with Gasteiger partial charge in [-0.2, -0.15) is 17.0 Å². The first-order valence-electron chi connectivity index (χ1n) is 7.85. The Morgan fingerprint density at radius 3 is 2.43 bits per heavy atom. The summed E-state index contributed by atoms with van der Waals surface area (Å²) < 4.78 is 28.5. The zero-order valence-electron chi connectivity index (χ0n) is 12.9. The third-order valence-corrected chi connectivity index (χ3v) is 7.26. The molecule has 1 aliphatic heterocycles. The molecule has 1 heterocycles. The summed E-state index contributed by atoms with van der Waals surface area (Å²) in [5.74, 6) is -1.02. The van der Waals surface area contributed by atoms with Crippen molar-refractivity contribution < 1.29 is 18.3 Å². The van der Waals surface area contributed by atoms with Crippen molar-refractivity contribution in [1.29, 1.82) is 0 Å². The average Bonchev–Trinajstić information content (AvgIpc) is 2.93. The number of carboxylic acids is 1. The maximum Gasteiger partial charge on any atom is 0.325 e. The lowest BCUT2D eigenvalue weighted by molar-refractivity contribution is -0.147. The van der Waals surface area contributed by atoms with E-state index in [0.717, 1.165) is 32.1 Å². The van der Waals surface area contributed by atoms with Gasteiger partial charge in [0.05, 0.1) is 0 Å². The van der Waals surface area contributed by atoms with Crippen molar-refractivity contribution in [2.45, 2.75) is 69.9 Å². The van der Waals surface area contributed by atoms with Crippen LogP contribution in [0.5, 0.6) is 0 Å². The van der Waals surface area contributed by atoms with Crippen LogP contribution < -0.4 is 0 Å². The highest BCUT2D eigenvalue weighted by Gasteiger charge is 2.53. The van der Waals surface area contributed by atoms with Crippen LogP contribution in [-0.4, -0.2) is 53.3 Å². The lowest BCUT2D eigenvalue weighted by Crippen LogP contribution is -2.57. The molecule has 2 fully saturated rings. The molecule has 0 aromatic heterocycles. The molecule has 0 aromatic rings. The summed E-state index contributed by atoms with van der Waals surface area (Å²) in [7, 11) is -2.11. The van der Waals surface area contributed by atoms with Crippen LogP contribution in [0.3, 0.4) is 0 Å². The van der Waals surface area contributed by atoms with Gasteiger partial charge < -0.3 is 5.11 Å². The Balaban J connectivity index is 2.27. The van der Waals surface area contributed by atoms with Gasteiger partial charge in [0.15, 0.2) is 0 Å². The van der Waals surface area contributed by atoms with Crippen molar-refractivity contribution in [3.63, 3.8) is 0 Å². The Labute approximate surface area is 127 Å². The Morgan fingerprint density at radius 2 is 1.90 bits per heavy atom. The first-order valence-corrected chi connectivity index (χ1v) is 9.25. The summed E-state index contributed by atoms with van der Waals surface area (Å²) in [5.41, 5.74) is -1.26. The van der Waals surface area contributed by atoms with Crippen LogP contribution in [0, 0.1) is 0 Å². The molecule has 6 nitrogen and oxygen atoms in total. The second kappa shape index (κ2) is 6.22. The van der Waals surface area contributed by atoms with Crippen molar-refractivity contribution in [2.75, 3.05) is 13.6 Å². The molecule has 1 atom stereocenters. The molecule has 2 rings (SSSR count). The van der Waals surface area contributed by atoms with Crippen LogP contribution >= 0.6 is 0 Å². The Bertz CT molecular complexity index is 487. The summed E-state index contributed by atoms with van der Waals surface area (Å²) in [6.45, 7) is 2.06. The minimum Gasteiger partial charge on any atom is -0.480 e. The van der Waals surface area contributed by atoms with Crippen LogP contribution in [0.1, 0.15) is 58.3 Å². The molecule has 21 heavy (non-hydrogen) atoms. The third-order valence-electron chi connectivity index (χ3n) is 5.14. The molecule has 1 saturated heterocycles. The molecule has 1 saturated carbocycles. The largest absolute Gasteiger partial charge is 0.480 e. The van der Waals surface area contributed by atoms with Gasteiger partial charge in [0.25, 0.3) is 10.2 Å². The van der Waals surface area contributed by atoms with Crippen LogP contribution in [0.2, 0.25) is 0 Å². The Kier molecular flexibility index (Phi) is 4.95.